The molecular formula is C14H20N6O. The summed E-state index contributed by atoms with van der Waals surface area (Å²) in [6.45, 7) is 3.40. The molecule has 2 heterocycles. The summed E-state index contributed by atoms with van der Waals surface area (Å²) in [5.74, 6) is 0.525. The predicted molar refractivity (Wildman–Crippen MR) is 79.8 cm³/mol. The van der Waals surface area contributed by atoms with Crippen molar-refractivity contribution in [3.63, 3.8) is 0 Å². The van der Waals surface area contributed by atoms with Crippen molar-refractivity contribution in [3.05, 3.63) is 36.0 Å². The van der Waals surface area contributed by atoms with Crippen molar-refractivity contribution >= 4 is 11.7 Å². The minimum atomic E-state index is -0.159. The Labute approximate surface area is 124 Å². The van der Waals surface area contributed by atoms with Crippen LogP contribution in [0.4, 0.5) is 5.82 Å². The van der Waals surface area contributed by atoms with Crippen LogP contribution in [-0.4, -0.2) is 44.1 Å². The Morgan fingerprint density at radius 2 is 2.14 bits per heavy atom. The second-order valence-corrected chi connectivity index (χ2v) is 4.90. The zero-order chi connectivity index (χ0) is 15.2. The molecule has 0 atom stereocenters. The number of anilines is 1. The summed E-state index contributed by atoms with van der Waals surface area (Å²) in [5, 5.41) is 7.21. The minimum absolute atomic E-state index is 0.159. The summed E-state index contributed by atoms with van der Waals surface area (Å²) < 4.78 is 1.71. The van der Waals surface area contributed by atoms with E-state index in [4.69, 9.17) is 0 Å². The Morgan fingerprint density at radius 1 is 1.33 bits per heavy atom. The van der Waals surface area contributed by atoms with Gasteiger partial charge in [0, 0.05) is 38.9 Å². The first kappa shape index (κ1) is 15.0. The molecule has 0 aliphatic heterocycles. The van der Waals surface area contributed by atoms with Gasteiger partial charge >= 0.3 is 0 Å². The topological polar surface area (TPSA) is 75.9 Å². The lowest BCUT2D eigenvalue weighted by Gasteiger charge is -2.15. The Hall–Kier alpha value is -2.44. The number of amides is 1. The van der Waals surface area contributed by atoms with Crippen LogP contribution in [0.25, 0.3) is 0 Å². The van der Waals surface area contributed by atoms with Gasteiger partial charge in [-0.15, -0.1) is 0 Å². The molecule has 0 radical (unpaired) electrons. The van der Waals surface area contributed by atoms with Crippen LogP contribution in [0.3, 0.4) is 0 Å². The van der Waals surface area contributed by atoms with Crippen molar-refractivity contribution in [1.82, 2.24) is 24.6 Å². The summed E-state index contributed by atoms with van der Waals surface area (Å²) in [6.07, 6.45) is 7.72. The molecule has 1 N–H and O–H groups in total. The maximum atomic E-state index is 12.3. The molecule has 0 bridgehead atoms. The van der Waals surface area contributed by atoms with Crippen LogP contribution in [0.2, 0.25) is 0 Å². The third kappa shape index (κ3) is 4.01. The number of rotatable bonds is 6. The summed E-state index contributed by atoms with van der Waals surface area (Å²) in [5.41, 5.74) is 1.31. The minimum Gasteiger partial charge on any atom is -0.369 e. The third-order valence-corrected chi connectivity index (χ3v) is 2.95. The number of nitrogens with one attached hydrogen (secondary N) is 1. The van der Waals surface area contributed by atoms with Gasteiger partial charge in [0.15, 0.2) is 0 Å². The lowest BCUT2D eigenvalue weighted by molar-refractivity contribution is 0.0779. The largest absolute Gasteiger partial charge is 0.369 e. The van der Waals surface area contributed by atoms with Gasteiger partial charge in [-0.25, -0.2) is 9.97 Å². The first-order valence-corrected chi connectivity index (χ1v) is 6.89. The van der Waals surface area contributed by atoms with E-state index < -0.39 is 0 Å². The Balaban J connectivity index is 1.98. The van der Waals surface area contributed by atoms with Crippen molar-refractivity contribution in [1.29, 1.82) is 0 Å². The molecular weight excluding hydrogens is 268 g/mol. The van der Waals surface area contributed by atoms with Gasteiger partial charge in [-0.3, -0.25) is 9.48 Å². The van der Waals surface area contributed by atoms with E-state index in [0.29, 0.717) is 18.1 Å². The highest BCUT2D eigenvalue weighted by Crippen LogP contribution is 2.07. The highest BCUT2D eigenvalue weighted by Gasteiger charge is 2.14. The quantitative estimate of drug-likeness (QED) is 0.867. The van der Waals surface area contributed by atoms with E-state index in [1.807, 2.05) is 13.2 Å². The third-order valence-electron chi connectivity index (χ3n) is 2.95. The molecule has 0 aromatic carbocycles. The van der Waals surface area contributed by atoms with Gasteiger partial charge in [0.25, 0.3) is 5.91 Å². The maximum absolute atomic E-state index is 12.3. The zero-order valence-electron chi connectivity index (χ0n) is 12.6. The monoisotopic (exact) mass is 288 g/mol. The number of hydrogen-bond donors (Lipinski definition) is 1. The van der Waals surface area contributed by atoms with E-state index >= 15 is 0 Å². The molecule has 0 fully saturated rings. The highest BCUT2D eigenvalue weighted by atomic mass is 16.2. The average Bonchev–Trinajstić information content (AvgIpc) is 2.90. The van der Waals surface area contributed by atoms with Crippen molar-refractivity contribution in [2.75, 3.05) is 18.9 Å². The standard InChI is InChI=1S/C14H20N6O/c1-4-5-15-13-8-16-12(7-17-13)14(21)19(2)9-11-6-18-20(3)10-11/h6-8,10H,4-5,9H2,1-3H3,(H,15,17). The number of aryl methyl sites for hydroxylation is 1. The number of aromatic nitrogens is 4. The SMILES string of the molecule is CCCNc1cnc(C(=O)N(C)Cc2cnn(C)c2)cn1. The van der Waals surface area contributed by atoms with Crippen LogP contribution in [0.1, 0.15) is 29.4 Å². The van der Waals surface area contributed by atoms with E-state index in [2.05, 4.69) is 27.3 Å². The van der Waals surface area contributed by atoms with Crippen molar-refractivity contribution in [2.45, 2.75) is 19.9 Å². The molecule has 112 valence electrons. The lowest BCUT2D eigenvalue weighted by atomic mass is 10.3. The highest BCUT2D eigenvalue weighted by molar-refractivity contribution is 5.91. The molecule has 0 spiro atoms. The second kappa shape index (κ2) is 6.83. The van der Waals surface area contributed by atoms with Crippen LogP contribution >= 0.6 is 0 Å². The summed E-state index contributed by atoms with van der Waals surface area (Å²) in [6, 6.07) is 0. The number of hydrogen-bond acceptors (Lipinski definition) is 5. The predicted octanol–water partition coefficient (Wildman–Crippen LogP) is 1.30. The summed E-state index contributed by atoms with van der Waals surface area (Å²) >= 11 is 0. The van der Waals surface area contributed by atoms with Gasteiger partial charge < -0.3 is 10.2 Å². The van der Waals surface area contributed by atoms with E-state index in [-0.39, 0.29) is 5.91 Å². The van der Waals surface area contributed by atoms with Gasteiger partial charge in [0.2, 0.25) is 0 Å². The van der Waals surface area contributed by atoms with E-state index in [1.165, 1.54) is 6.20 Å². The van der Waals surface area contributed by atoms with Gasteiger partial charge in [-0.2, -0.15) is 5.10 Å². The Kier molecular flexibility index (Phi) is 4.86. The summed E-state index contributed by atoms with van der Waals surface area (Å²) in [4.78, 5) is 22.2. The van der Waals surface area contributed by atoms with E-state index in [1.54, 1.807) is 29.0 Å². The van der Waals surface area contributed by atoms with Crippen LogP contribution < -0.4 is 5.32 Å². The molecule has 0 unspecified atom stereocenters. The number of nitrogens with zero attached hydrogens (tertiary/aromatic N) is 5. The fourth-order valence-corrected chi connectivity index (χ4v) is 1.88. The van der Waals surface area contributed by atoms with Crippen LogP contribution in [0, 0.1) is 0 Å². The fourth-order valence-electron chi connectivity index (χ4n) is 1.88. The van der Waals surface area contributed by atoms with E-state index in [9.17, 15) is 4.79 Å². The molecule has 0 saturated heterocycles. The van der Waals surface area contributed by atoms with E-state index in [0.717, 1.165) is 18.5 Å². The van der Waals surface area contributed by atoms with Crippen LogP contribution in [0.15, 0.2) is 24.8 Å². The molecule has 1 amide bonds. The zero-order valence-corrected chi connectivity index (χ0v) is 12.6. The van der Waals surface area contributed by atoms with Crippen molar-refractivity contribution in [2.24, 2.45) is 7.05 Å². The molecule has 0 aliphatic carbocycles. The fraction of sp³-hybridized carbons (Fsp3) is 0.429. The first-order valence-electron chi connectivity index (χ1n) is 6.89. The molecule has 0 saturated carbocycles. The van der Waals surface area contributed by atoms with Gasteiger partial charge in [0.05, 0.1) is 18.6 Å². The van der Waals surface area contributed by atoms with Gasteiger partial charge in [0.1, 0.15) is 11.5 Å². The second-order valence-electron chi connectivity index (χ2n) is 4.90. The molecule has 0 aliphatic rings. The maximum Gasteiger partial charge on any atom is 0.274 e. The molecule has 2 aromatic heterocycles. The van der Waals surface area contributed by atoms with Gasteiger partial charge in [-0.1, -0.05) is 6.92 Å². The Morgan fingerprint density at radius 3 is 2.71 bits per heavy atom. The normalized spacial score (nSPS) is 10.4. The van der Waals surface area contributed by atoms with Gasteiger partial charge in [-0.05, 0) is 6.42 Å². The van der Waals surface area contributed by atoms with Crippen LogP contribution in [-0.2, 0) is 13.6 Å². The number of carbonyl (C=O) groups is 1. The molecule has 7 nitrogen and oxygen atoms in total. The molecule has 2 rings (SSSR count). The van der Waals surface area contributed by atoms with Crippen molar-refractivity contribution in [3.8, 4) is 0 Å². The summed E-state index contributed by atoms with van der Waals surface area (Å²) in [7, 11) is 3.58. The smallest absolute Gasteiger partial charge is 0.274 e. The molecule has 7 heteroatoms. The Bertz CT molecular complexity index is 592. The molecule has 2 aromatic rings. The first-order chi connectivity index (χ1) is 10.1. The van der Waals surface area contributed by atoms with Crippen LogP contribution in [0.5, 0.6) is 0 Å². The lowest BCUT2D eigenvalue weighted by Crippen LogP contribution is -2.27. The average molecular weight is 288 g/mol. The molecule has 21 heavy (non-hydrogen) atoms. The van der Waals surface area contributed by atoms with Crippen molar-refractivity contribution < 1.29 is 4.79 Å². The number of carbonyl (C=O) groups excluding carboxylic acids is 1.